The smallest absolute Gasteiger partial charge is 0.340 e. The normalized spacial score (nSPS) is 15.7. The highest BCUT2D eigenvalue weighted by Crippen LogP contribution is 2.31. The Morgan fingerprint density at radius 2 is 1.88 bits per heavy atom. The summed E-state index contributed by atoms with van der Waals surface area (Å²) in [6, 6.07) is 6.05. The van der Waals surface area contributed by atoms with Gasteiger partial charge in [-0.3, -0.25) is 4.79 Å². The van der Waals surface area contributed by atoms with Gasteiger partial charge < -0.3 is 19.5 Å². The van der Waals surface area contributed by atoms with Crippen LogP contribution in [0.3, 0.4) is 0 Å². The number of hydrogen-bond acceptors (Lipinski definition) is 5. The summed E-state index contributed by atoms with van der Waals surface area (Å²) in [5.41, 5.74) is 1.71. The Kier molecular flexibility index (Phi) is 6.30. The SMILES string of the molecule is CCOC(=O)C1=C(C)N(CCOC)C(=O)C1=Cc1ccc(C(=O)O)cc1. The number of allylic oxidation sites excluding steroid dienone is 1. The van der Waals surface area contributed by atoms with Crippen molar-refractivity contribution in [2.75, 3.05) is 26.9 Å². The molecule has 26 heavy (non-hydrogen) atoms. The Balaban J connectivity index is 2.44. The largest absolute Gasteiger partial charge is 0.478 e. The first-order chi connectivity index (χ1) is 12.4. The third kappa shape index (κ3) is 4.00. The molecule has 0 saturated carbocycles. The number of carboxylic acid groups (broad SMARTS) is 1. The summed E-state index contributed by atoms with van der Waals surface area (Å²) in [4.78, 5) is 37.6. The average molecular weight is 359 g/mol. The molecule has 138 valence electrons. The number of ether oxygens (including phenoxy) is 2. The van der Waals surface area contributed by atoms with Gasteiger partial charge in [0.1, 0.15) is 0 Å². The summed E-state index contributed by atoms with van der Waals surface area (Å²) < 4.78 is 10.1. The summed E-state index contributed by atoms with van der Waals surface area (Å²) in [7, 11) is 1.53. The van der Waals surface area contributed by atoms with Crippen molar-refractivity contribution in [1.29, 1.82) is 0 Å². The van der Waals surface area contributed by atoms with E-state index < -0.39 is 11.9 Å². The van der Waals surface area contributed by atoms with E-state index in [0.717, 1.165) is 0 Å². The van der Waals surface area contributed by atoms with Crippen molar-refractivity contribution in [3.05, 3.63) is 52.2 Å². The number of carbonyl (C=O) groups is 3. The van der Waals surface area contributed by atoms with Crippen LogP contribution in [-0.4, -0.2) is 54.7 Å². The second-order valence-corrected chi connectivity index (χ2v) is 5.62. The van der Waals surface area contributed by atoms with E-state index in [4.69, 9.17) is 14.6 Å². The molecule has 0 fully saturated rings. The number of amides is 1. The first-order valence-corrected chi connectivity index (χ1v) is 8.14. The summed E-state index contributed by atoms with van der Waals surface area (Å²) in [6.07, 6.45) is 1.57. The first-order valence-electron chi connectivity index (χ1n) is 8.14. The van der Waals surface area contributed by atoms with Gasteiger partial charge >= 0.3 is 11.9 Å². The van der Waals surface area contributed by atoms with Gasteiger partial charge in [-0.2, -0.15) is 0 Å². The molecule has 0 aromatic heterocycles. The molecule has 0 aliphatic carbocycles. The Morgan fingerprint density at radius 3 is 2.42 bits per heavy atom. The predicted molar refractivity (Wildman–Crippen MR) is 94.3 cm³/mol. The van der Waals surface area contributed by atoms with Gasteiger partial charge in [0.15, 0.2) is 0 Å². The van der Waals surface area contributed by atoms with Crippen molar-refractivity contribution in [2.45, 2.75) is 13.8 Å². The molecule has 7 nitrogen and oxygen atoms in total. The topological polar surface area (TPSA) is 93.1 Å². The highest BCUT2D eigenvalue weighted by molar-refractivity contribution is 6.16. The fourth-order valence-corrected chi connectivity index (χ4v) is 2.67. The van der Waals surface area contributed by atoms with Crippen LogP contribution in [0.2, 0.25) is 0 Å². The van der Waals surface area contributed by atoms with Crippen molar-refractivity contribution in [1.82, 2.24) is 4.90 Å². The maximum absolute atomic E-state index is 12.8. The number of carboxylic acids is 1. The number of carbonyl (C=O) groups excluding carboxylic acids is 2. The second-order valence-electron chi connectivity index (χ2n) is 5.62. The fraction of sp³-hybridized carbons (Fsp3) is 0.316. The Hall–Kier alpha value is -2.93. The van der Waals surface area contributed by atoms with E-state index in [-0.39, 0.29) is 29.2 Å². The lowest BCUT2D eigenvalue weighted by molar-refractivity contribution is -0.138. The van der Waals surface area contributed by atoms with Crippen LogP contribution in [0.25, 0.3) is 6.08 Å². The number of aromatic carboxylic acids is 1. The van der Waals surface area contributed by atoms with Crippen LogP contribution in [0.1, 0.15) is 29.8 Å². The zero-order valence-electron chi connectivity index (χ0n) is 14.9. The molecule has 1 N–H and O–H groups in total. The summed E-state index contributed by atoms with van der Waals surface area (Å²) in [6.45, 7) is 4.23. The van der Waals surface area contributed by atoms with Gasteiger partial charge in [0.2, 0.25) is 0 Å². The lowest BCUT2D eigenvalue weighted by Gasteiger charge is -2.16. The van der Waals surface area contributed by atoms with E-state index in [1.165, 1.54) is 24.1 Å². The molecule has 0 bridgehead atoms. The third-order valence-electron chi connectivity index (χ3n) is 3.98. The molecule has 0 atom stereocenters. The Bertz CT molecular complexity index is 776. The molecule has 1 amide bonds. The molecule has 1 aromatic rings. The lowest BCUT2D eigenvalue weighted by atomic mass is 10.0. The van der Waals surface area contributed by atoms with E-state index in [0.29, 0.717) is 24.4 Å². The van der Waals surface area contributed by atoms with Crippen LogP contribution in [0, 0.1) is 0 Å². The van der Waals surface area contributed by atoms with E-state index in [2.05, 4.69) is 0 Å². The molecule has 0 saturated heterocycles. The molecule has 0 spiro atoms. The van der Waals surface area contributed by atoms with Crippen LogP contribution in [-0.2, 0) is 19.1 Å². The second kappa shape index (κ2) is 8.44. The minimum Gasteiger partial charge on any atom is -0.478 e. The van der Waals surface area contributed by atoms with E-state index >= 15 is 0 Å². The lowest BCUT2D eigenvalue weighted by Crippen LogP contribution is -2.28. The van der Waals surface area contributed by atoms with Crippen LogP contribution in [0.15, 0.2) is 41.1 Å². The maximum atomic E-state index is 12.8. The molecule has 0 radical (unpaired) electrons. The van der Waals surface area contributed by atoms with Crippen molar-refractivity contribution >= 4 is 23.9 Å². The highest BCUT2D eigenvalue weighted by Gasteiger charge is 2.36. The number of rotatable bonds is 7. The Morgan fingerprint density at radius 1 is 1.23 bits per heavy atom. The zero-order valence-corrected chi connectivity index (χ0v) is 14.9. The molecular formula is C19H21NO6. The number of hydrogen-bond donors (Lipinski definition) is 1. The van der Waals surface area contributed by atoms with Gasteiger partial charge in [-0.15, -0.1) is 0 Å². The van der Waals surface area contributed by atoms with E-state index in [9.17, 15) is 14.4 Å². The highest BCUT2D eigenvalue weighted by atomic mass is 16.5. The predicted octanol–water partition coefficient (Wildman–Crippen LogP) is 2.09. The zero-order chi connectivity index (χ0) is 19.3. The minimum absolute atomic E-state index is 0.143. The molecule has 7 heteroatoms. The standard InChI is InChI=1S/C19H21NO6/c1-4-26-19(24)16-12(2)20(9-10-25-3)17(21)15(16)11-13-5-7-14(8-6-13)18(22)23/h5-8,11H,4,9-10H2,1-3H3,(H,22,23). The summed E-state index contributed by atoms with van der Waals surface area (Å²) >= 11 is 0. The van der Waals surface area contributed by atoms with Gasteiger partial charge in [0.05, 0.1) is 29.9 Å². The minimum atomic E-state index is -1.03. The van der Waals surface area contributed by atoms with Gasteiger partial charge in [0, 0.05) is 19.4 Å². The molecule has 0 unspecified atom stereocenters. The maximum Gasteiger partial charge on any atom is 0.340 e. The molecule has 1 aliphatic rings. The molecule has 1 aromatic carbocycles. The average Bonchev–Trinajstić information content (AvgIpc) is 2.84. The van der Waals surface area contributed by atoms with Crippen LogP contribution in [0.4, 0.5) is 0 Å². The summed E-state index contributed by atoms with van der Waals surface area (Å²) in [5.74, 6) is -1.91. The van der Waals surface area contributed by atoms with Crippen LogP contribution < -0.4 is 0 Å². The number of esters is 1. The summed E-state index contributed by atoms with van der Waals surface area (Å²) in [5, 5.41) is 8.97. The number of benzene rings is 1. The third-order valence-corrected chi connectivity index (χ3v) is 3.98. The quantitative estimate of drug-likeness (QED) is 0.592. The van der Waals surface area contributed by atoms with Gasteiger partial charge in [-0.1, -0.05) is 12.1 Å². The van der Waals surface area contributed by atoms with Crippen molar-refractivity contribution in [2.24, 2.45) is 0 Å². The fourth-order valence-electron chi connectivity index (χ4n) is 2.67. The van der Waals surface area contributed by atoms with Gasteiger partial charge in [-0.05, 0) is 37.6 Å². The van der Waals surface area contributed by atoms with Crippen molar-refractivity contribution < 1.29 is 29.0 Å². The Labute approximate surface area is 151 Å². The molecular weight excluding hydrogens is 338 g/mol. The number of methoxy groups -OCH3 is 1. The molecule has 1 heterocycles. The molecule has 2 rings (SSSR count). The van der Waals surface area contributed by atoms with Crippen LogP contribution >= 0.6 is 0 Å². The van der Waals surface area contributed by atoms with E-state index in [1.54, 1.807) is 32.1 Å². The van der Waals surface area contributed by atoms with Gasteiger partial charge in [-0.25, -0.2) is 9.59 Å². The van der Waals surface area contributed by atoms with Gasteiger partial charge in [0.25, 0.3) is 5.91 Å². The monoisotopic (exact) mass is 359 g/mol. The molecule has 1 aliphatic heterocycles. The first kappa shape index (κ1) is 19.4. The van der Waals surface area contributed by atoms with Crippen LogP contribution in [0.5, 0.6) is 0 Å². The number of nitrogens with zero attached hydrogens (tertiary/aromatic N) is 1. The van der Waals surface area contributed by atoms with Crippen molar-refractivity contribution in [3.8, 4) is 0 Å². The van der Waals surface area contributed by atoms with E-state index in [1.807, 2.05) is 0 Å². The van der Waals surface area contributed by atoms with Crippen molar-refractivity contribution in [3.63, 3.8) is 0 Å².